The lowest BCUT2D eigenvalue weighted by Gasteiger charge is -2.29. The number of nitrogens with zero attached hydrogens (tertiary/aromatic N) is 1. The SMILES string of the molecule is NC1CCCC2CN(C(=O)COCC(F)(F)F)CC12. The molecule has 1 aliphatic heterocycles. The quantitative estimate of drug-likeness (QED) is 0.843. The second kappa shape index (κ2) is 5.66. The standard InChI is InChI=1S/C12H19F3N2O2/c13-12(14,15)7-19-6-11(18)17-4-8-2-1-3-10(16)9(8)5-17/h8-10H,1-7,16H2. The van der Waals surface area contributed by atoms with E-state index >= 15 is 0 Å². The summed E-state index contributed by atoms with van der Waals surface area (Å²) in [5.74, 6) is 0.321. The summed E-state index contributed by atoms with van der Waals surface area (Å²) in [4.78, 5) is 13.4. The molecule has 0 spiro atoms. The maximum atomic E-state index is 11.9. The average Bonchev–Trinajstić information content (AvgIpc) is 2.72. The van der Waals surface area contributed by atoms with Crippen molar-refractivity contribution in [1.82, 2.24) is 4.90 Å². The Morgan fingerprint density at radius 3 is 2.68 bits per heavy atom. The van der Waals surface area contributed by atoms with E-state index in [4.69, 9.17) is 5.73 Å². The van der Waals surface area contributed by atoms with Crippen molar-refractivity contribution in [3.05, 3.63) is 0 Å². The largest absolute Gasteiger partial charge is 0.411 e. The molecule has 0 bridgehead atoms. The number of fused-ring (bicyclic) bond motifs is 1. The molecule has 2 aliphatic rings. The lowest BCUT2D eigenvalue weighted by molar-refractivity contribution is -0.177. The molecular formula is C12H19F3N2O2. The fraction of sp³-hybridized carbons (Fsp3) is 0.917. The second-order valence-corrected chi connectivity index (χ2v) is 5.43. The zero-order valence-electron chi connectivity index (χ0n) is 10.7. The molecule has 0 aromatic rings. The van der Waals surface area contributed by atoms with E-state index in [-0.39, 0.29) is 11.9 Å². The maximum absolute atomic E-state index is 11.9. The molecule has 2 N–H and O–H groups in total. The van der Waals surface area contributed by atoms with E-state index in [1.165, 1.54) is 0 Å². The summed E-state index contributed by atoms with van der Waals surface area (Å²) in [5, 5.41) is 0. The van der Waals surface area contributed by atoms with Gasteiger partial charge in [-0.05, 0) is 24.7 Å². The topological polar surface area (TPSA) is 55.6 Å². The molecule has 1 amide bonds. The van der Waals surface area contributed by atoms with Crippen molar-refractivity contribution >= 4 is 5.91 Å². The first-order valence-electron chi connectivity index (χ1n) is 6.54. The van der Waals surface area contributed by atoms with Crippen LogP contribution >= 0.6 is 0 Å². The Balaban J connectivity index is 1.78. The van der Waals surface area contributed by atoms with Crippen LogP contribution in [0.5, 0.6) is 0 Å². The van der Waals surface area contributed by atoms with Crippen LogP contribution in [0.3, 0.4) is 0 Å². The third-order valence-electron chi connectivity index (χ3n) is 4.00. The summed E-state index contributed by atoms with van der Waals surface area (Å²) in [7, 11) is 0. The number of likely N-dealkylation sites (tertiary alicyclic amines) is 1. The predicted molar refractivity (Wildman–Crippen MR) is 62.3 cm³/mol. The lowest BCUT2D eigenvalue weighted by atomic mass is 9.78. The Kier molecular flexibility index (Phi) is 4.35. The fourth-order valence-electron chi connectivity index (χ4n) is 3.07. The van der Waals surface area contributed by atoms with Gasteiger partial charge in [0.05, 0.1) is 0 Å². The number of ether oxygens (including phenoxy) is 1. The number of hydrogen-bond donors (Lipinski definition) is 1. The average molecular weight is 280 g/mol. The number of rotatable bonds is 3. The van der Waals surface area contributed by atoms with Crippen LogP contribution in [0.15, 0.2) is 0 Å². The Morgan fingerprint density at radius 1 is 1.32 bits per heavy atom. The van der Waals surface area contributed by atoms with Crippen molar-refractivity contribution in [2.75, 3.05) is 26.3 Å². The minimum Gasteiger partial charge on any atom is -0.362 e. The van der Waals surface area contributed by atoms with E-state index in [2.05, 4.69) is 4.74 Å². The van der Waals surface area contributed by atoms with Gasteiger partial charge in [-0.1, -0.05) is 6.42 Å². The van der Waals surface area contributed by atoms with Gasteiger partial charge in [-0.3, -0.25) is 4.79 Å². The van der Waals surface area contributed by atoms with Crippen LogP contribution in [0, 0.1) is 11.8 Å². The molecule has 0 aromatic heterocycles. The summed E-state index contributed by atoms with van der Waals surface area (Å²) in [6.07, 6.45) is -1.31. The predicted octanol–water partition coefficient (Wildman–Crippen LogP) is 1.15. The van der Waals surface area contributed by atoms with Crippen LogP contribution in [0.2, 0.25) is 0 Å². The molecule has 1 saturated heterocycles. The van der Waals surface area contributed by atoms with Gasteiger partial charge in [-0.2, -0.15) is 13.2 Å². The first-order chi connectivity index (χ1) is 8.87. The van der Waals surface area contributed by atoms with Crippen molar-refractivity contribution in [3.63, 3.8) is 0 Å². The van der Waals surface area contributed by atoms with Crippen molar-refractivity contribution in [3.8, 4) is 0 Å². The van der Waals surface area contributed by atoms with Crippen LogP contribution in [-0.2, 0) is 9.53 Å². The van der Waals surface area contributed by atoms with Crippen molar-refractivity contribution in [1.29, 1.82) is 0 Å². The highest BCUT2D eigenvalue weighted by Crippen LogP contribution is 2.35. The minimum absolute atomic E-state index is 0.104. The summed E-state index contributed by atoms with van der Waals surface area (Å²) in [6, 6.07) is 0.104. The normalized spacial score (nSPS) is 31.4. The lowest BCUT2D eigenvalue weighted by Crippen LogP contribution is -2.39. The molecule has 19 heavy (non-hydrogen) atoms. The molecular weight excluding hydrogens is 261 g/mol. The minimum atomic E-state index is -4.39. The number of nitrogens with two attached hydrogens (primary N) is 1. The van der Waals surface area contributed by atoms with Gasteiger partial charge in [0.15, 0.2) is 0 Å². The number of carbonyl (C=O) groups excluding carboxylic acids is 1. The third kappa shape index (κ3) is 3.82. The Hall–Kier alpha value is -0.820. The third-order valence-corrected chi connectivity index (χ3v) is 4.00. The smallest absolute Gasteiger partial charge is 0.362 e. The molecule has 1 heterocycles. The van der Waals surface area contributed by atoms with Crippen LogP contribution in [0.1, 0.15) is 19.3 Å². The van der Waals surface area contributed by atoms with Gasteiger partial charge in [-0.25, -0.2) is 0 Å². The fourth-order valence-corrected chi connectivity index (χ4v) is 3.07. The van der Waals surface area contributed by atoms with Gasteiger partial charge in [0, 0.05) is 19.1 Å². The summed E-state index contributed by atoms with van der Waals surface area (Å²) in [6.45, 7) is -0.722. The van der Waals surface area contributed by atoms with Crippen LogP contribution < -0.4 is 5.73 Å². The van der Waals surface area contributed by atoms with Gasteiger partial charge in [-0.15, -0.1) is 0 Å². The molecule has 2 fully saturated rings. The highest BCUT2D eigenvalue weighted by Gasteiger charge is 2.40. The van der Waals surface area contributed by atoms with E-state index in [1.54, 1.807) is 4.90 Å². The summed E-state index contributed by atoms with van der Waals surface area (Å²) >= 11 is 0. The van der Waals surface area contributed by atoms with E-state index in [9.17, 15) is 18.0 Å². The molecule has 0 radical (unpaired) electrons. The Morgan fingerprint density at radius 2 is 2.05 bits per heavy atom. The first kappa shape index (κ1) is 14.6. The van der Waals surface area contributed by atoms with Crippen LogP contribution in [-0.4, -0.2) is 49.3 Å². The molecule has 2 rings (SSSR count). The van der Waals surface area contributed by atoms with Gasteiger partial charge >= 0.3 is 6.18 Å². The number of carbonyl (C=O) groups is 1. The molecule has 4 nitrogen and oxygen atoms in total. The Bertz CT molecular complexity index is 335. The highest BCUT2D eigenvalue weighted by molar-refractivity contribution is 5.77. The zero-order chi connectivity index (χ0) is 14.0. The molecule has 3 unspecified atom stereocenters. The van der Waals surface area contributed by atoms with Crippen LogP contribution in [0.4, 0.5) is 13.2 Å². The van der Waals surface area contributed by atoms with E-state index in [1.807, 2.05) is 0 Å². The maximum Gasteiger partial charge on any atom is 0.411 e. The second-order valence-electron chi connectivity index (χ2n) is 5.43. The molecule has 7 heteroatoms. The number of hydrogen-bond acceptors (Lipinski definition) is 3. The molecule has 1 aliphatic carbocycles. The molecule has 3 atom stereocenters. The van der Waals surface area contributed by atoms with Crippen LogP contribution in [0.25, 0.3) is 0 Å². The zero-order valence-corrected chi connectivity index (χ0v) is 10.7. The van der Waals surface area contributed by atoms with Gasteiger partial charge in [0.1, 0.15) is 13.2 Å². The molecule has 110 valence electrons. The van der Waals surface area contributed by atoms with Gasteiger partial charge in [0.25, 0.3) is 0 Å². The highest BCUT2D eigenvalue weighted by atomic mass is 19.4. The van der Waals surface area contributed by atoms with E-state index < -0.39 is 19.4 Å². The molecule has 1 saturated carbocycles. The van der Waals surface area contributed by atoms with Gasteiger partial charge in [0.2, 0.25) is 5.91 Å². The molecule has 0 aromatic carbocycles. The van der Waals surface area contributed by atoms with Crippen molar-refractivity contribution < 1.29 is 22.7 Å². The number of halogens is 3. The van der Waals surface area contributed by atoms with Crippen molar-refractivity contribution in [2.45, 2.75) is 31.5 Å². The van der Waals surface area contributed by atoms with E-state index in [0.717, 1.165) is 19.3 Å². The monoisotopic (exact) mass is 280 g/mol. The van der Waals surface area contributed by atoms with Gasteiger partial charge < -0.3 is 15.4 Å². The Labute approximate surface area is 110 Å². The first-order valence-corrected chi connectivity index (χ1v) is 6.54. The number of amides is 1. The summed E-state index contributed by atoms with van der Waals surface area (Å²) in [5.41, 5.74) is 6.02. The summed E-state index contributed by atoms with van der Waals surface area (Å²) < 4.78 is 40.1. The van der Waals surface area contributed by atoms with Crippen molar-refractivity contribution in [2.24, 2.45) is 17.6 Å². The number of alkyl halides is 3. The van der Waals surface area contributed by atoms with E-state index in [0.29, 0.717) is 24.9 Å².